The molecule has 0 amide bonds. The van der Waals surface area contributed by atoms with E-state index in [0.717, 1.165) is 16.5 Å². The van der Waals surface area contributed by atoms with Gasteiger partial charge in [-0.25, -0.2) is 8.42 Å². The first kappa shape index (κ1) is 20.6. The molecule has 25 heavy (non-hydrogen) atoms. The normalized spacial score (nSPS) is 21.5. The minimum atomic E-state index is -3.72. The van der Waals surface area contributed by atoms with E-state index >= 15 is 0 Å². The highest BCUT2D eigenvalue weighted by Crippen LogP contribution is 2.33. The van der Waals surface area contributed by atoms with E-state index in [1.54, 1.807) is 13.0 Å². The second kappa shape index (κ2) is 7.49. The highest BCUT2D eigenvalue weighted by molar-refractivity contribution is 7.91. The third-order valence-corrected chi connectivity index (χ3v) is 9.30. The molecule has 0 aromatic carbocycles. The molecule has 1 unspecified atom stereocenters. The van der Waals surface area contributed by atoms with Gasteiger partial charge in [-0.2, -0.15) is 0 Å². The molecule has 1 aliphatic rings. The van der Waals surface area contributed by atoms with Gasteiger partial charge < -0.3 is 9.57 Å². The van der Waals surface area contributed by atoms with E-state index in [1.165, 1.54) is 21.9 Å². The first-order valence-electron chi connectivity index (χ1n) is 8.24. The summed E-state index contributed by atoms with van der Waals surface area (Å²) in [6, 6.07) is 4.43. The van der Waals surface area contributed by atoms with Crippen LogP contribution < -0.4 is 5.48 Å². The van der Waals surface area contributed by atoms with Crippen LogP contribution in [0.4, 0.5) is 0 Å². The minimum absolute atomic E-state index is 0.0260. The number of hydrogen-bond acceptors (Lipinski definition) is 6. The predicted molar refractivity (Wildman–Crippen MR) is 103 cm³/mol. The fraction of sp³-hybridized carbons (Fsp3) is 0.625. The Morgan fingerprint density at radius 1 is 1.32 bits per heavy atom. The summed E-state index contributed by atoms with van der Waals surface area (Å²) in [4.78, 5) is 6.14. The van der Waals surface area contributed by atoms with E-state index in [1.807, 2.05) is 19.9 Å². The zero-order valence-corrected chi connectivity index (χ0v) is 18.4. The van der Waals surface area contributed by atoms with E-state index in [-0.39, 0.29) is 6.73 Å². The van der Waals surface area contributed by atoms with Gasteiger partial charge in [-0.1, -0.05) is 19.6 Å². The highest BCUT2D eigenvalue weighted by Gasteiger charge is 2.46. The molecule has 0 saturated carbocycles. The number of thiophene rings is 1. The van der Waals surface area contributed by atoms with E-state index in [9.17, 15) is 8.42 Å². The lowest BCUT2D eigenvalue weighted by Crippen LogP contribution is -2.57. The van der Waals surface area contributed by atoms with Crippen molar-refractivity contribution in [1.82, 2.24) is 9.79 Å². The minimum Gasteiger partial charge on any atom is -0.414 e. The molecule has 0 saturated heterocycles. The van der Waals surface area contributed by atoms with Gasteiger partial charge in [0.25, 0.3) is 10.0 Å². The SMILES string of the molecule is CC1=CONC1(C)N(COCC[Si](C)(C)C)S(=O)(=O)c1ccc(C)s1. The second-order valence-corrected chi connectivity index (χ2v) is 16.7. The van der Waals surface area contributed by atoms with Crippen LogP contribution in [0.25, 0.3) is 0 Å². The van der Waals surface area contributed by atoms with Gasteiger partial charge in [-0.15, -0.1) is 21.1 Å². The highest BCUT2D eigenvalue weighted by atomic mass is 32.2. The topological polar surface area (TPSA) is 67.9 Å². The Morgan fingerprint density at radius 2 is 2.00 bits per heavy atom. The van der Waals surface area contributed by atoms with E-state index < -0.39 is 23.8 Å². The van der Waals surface area contributed by atoms with Crippen molar-refractivity contribution < 1.29 is 18.0 Å². The first-order valence-corrected chi connectivity index (χ1v) is 14.2. The zero-order chi connectivity index (χ0) is 18.9. The summed E-state index contributed by atoms with van der Waals surface area (Å²) in [5.74, 6) is 0. The number of sulfonamides is 1. The quantitative estimate of drug-likeness (QED) is 0.408. The van der Waals surface area contributed by atoms with Crippen molar-refractivity contribution in [1.29, 1.82) is 0 Å². The number of nitrogens with one attached hydrogen (secondary N) is 1. The smallest absolute Gasteiger partial charge is 0.256 e. The second-order valence-electron chi connectivity index (χ2n) is 7.66. The Balaban J connectivity index is 2.25. The number of nitrogens with zero attached hydrogens (tertiary/aromatic N) is 1. The molecule has 142 valence electrons. The molecule has 1 atom stereocenters. The van der Waals surface area contributed by atoms with Gasteiger partial charge in [0.05, 0.1) is 0 Å². The van der Waals surface area contributed by atoms with Crippen LogP contribution in [0.15, 0.2) is 28.2 Å². The molecular weight excluding hydrogens is 376 g/mol. The van der Waals surface area contributed by atoms with Crippen LogP contribution in [0.1, 0.15) is 18.7 Å². The summed E-state index contributed by atoms with van der Waals surface area (Å²) >= 11 is 1.26. The zero-order valence-electron chi connectivity index (χ0n) is 15.8. The van der Waals surface area contributed by atoms with Crippen LogP contribution in [-0.4, -0.2) is 39.8 Å². The van der Waals surface area contributed by atoms with Crippen molar-refractivity contribution in [2.45, 2.75) is 56.3 Å². The number of hydroxylamine groups is 1. The third kappa shape index (κ3) is 4.72. The molecule has 0 radical (unpaired) electrons. The number of hydrogen-bond donors (Lipinski definition) is 1. The van der Waals surface area contributed by atoms with Gasteiger partial charge in [0, 0.05) is 25.1 Å². The molecule has 1 aromatic rings. The average molecular weight is 405 g/mol. The summed E-state index contributed by atoms with van der Waals surface area (Å²) in [6.45, 7) is 12.8. The van der Waals surface area contributed by atoms with E-state index in [4.69, 9.17) is 9.57 Å². The van der Waals surface area contributed by atoms with Crippen LogP contribution >= 0.6 is 11.3 Å². The molecule has 6 nitrogen and oxygen atoms in total. The molecule has 1 aromatic heterocycles. The molecule has 1 aliphatic heterocycles. The Kier molecular flexibility index (Phi) is 6.17. The lowest BCUT2D eigenvalue weighted by Gasteiger charge is -2.36. The first-order chi connectivity index (χ1) is 11.5. The summed E-state index contributed by atoms with van der Waals surface area (Å²) in [5.41, 5.74) is 2.61. The maximum Gasteiger partial charge on any atom is 0.256 e. The lowest BCUT2D eigenvalue weighted by atomic mass is 10.1. The van der Waals surface area contributed by atoms with E-state index in [0.29, 0.717) is 10.8 Å². The number of aryl methyl sites for hydroxylation is 1. The van der Waals surface area contributed by atoms with Gasteiger partial charge in [0.2, 0.25) is 0 Å². The van der Waals surface area contributed by atoms with Crippen LogP contribution in [0.5, 0.6) is 0 Å². The fourth-order valence-corrected chi connectivity index (χ4v) is 6.06. The molecule has 9 heteroatoms. The predicted octanol–water partition coefficient (Wildman–Crippen LogP) is 3.51. The van der Waals surface area contributed by atoms with Gasteiger partial charge in [-0.3, -0.25) is 0 Å². The van der Waals surface area contributed by atoms with Gasteiger partial charge in [0.15, 0.2) is 0 Å². The number of rotatable bonds is 8. The summed E-state index contributed by atoms with van der Waals surface area (Å²) < 4.78 is 33.9. The van der Waals surface area contributed by atoms with Gasteiger partial charge in [0.1, 0.15) is 22.9 Å². The molecule has 1 N–H and O–H groups in total. The largest absolute Gasteiger partial charge is 0.414 e. The van der Waals surface area contributed by atoms with Crippen LogP contribution in [0, 0.1) is 6.92 Å². The van der Waals surface area contributed by atoms with Crippen molar-refractivity contribution >= 4 is 29.4 Å². The van der Waals surface area contributed by atoms with Crippen molar-refractivity contribution in [3.63, 3.8) is 0 Å². The average Bonchev–Trinajstić information content (AvgIpc) is 3.05. The lowest BCUT2D eigenvalue weighted by molar-refractivity contribution is -0.0123. The Morgan fingerprint density at radius 3 is 2.48 bits per heavy atom. The molecule has 0 bridgehead atoms. The number of ether oxygens (including phenoxy) is 1. The third-order valence-electron chi connectivity index (χ3n) is 4.23. The molecule has 2 heterocycles. The Bertz CT molecular complexity index is 740. The summed E-state index contributed by atoms with van der Waals surface area (Å²) in [7, 11) is -4.96. The van der Waals surface area contributed by atoms with Crippen molar-refractivity contribution in [2.75, 3.05) is 13.3 Å². The van der Waals surface area contributed by atoms with Crippen LogP contribution in [-0.2, 0) is 19.6 Å². The van der Waals surface area contributed by atoms with Crippen LogP contribution in [0.2, 0.25) is 25.7 Å². The summed E-state index contributed by atoms with van der Waals surface area (Å²) in [5, 5.41) is 0. The molecule has 0 spiro atoms. The van der Waals surface area contributed by atoms with Crippen molar-refractivity contribution in [3.8, 4) is 0 Å². The Labute approximate surface area is 155 Å². The fourth-order valence-electron chi connectivity index (χ4n) is 2.30. The monoisotopic (exact) mass is 404 g/mol. The molecular formula is C16H28N2O4S2Si. The van der Waals surface area contributed by atoms with E-state index in [2.05, 4.69) is 25.1 Å². The van der Waals surface area contributed by atoms with Gasteiger partial charge >= 0.3 is 0 Å². The van der Waals surface area contributed by atoms with Crippen molar-refractivity contribution in [3.05, 3.63) is 28.8 Å². The molecule has 0 aliphatic carbocycles. The van der Waals surface area contributed by atoms with Gasteiger partial charge in [-0.05, 0) is 38.9 Å². The molecule has 2 rings (SSSR count). The Hall–Kier alpha value is -0.713. The van der Waals surface area contributed by atoms with Crippen LogP contribution in [0.3, 0.4) is 0 Å². The maximum atomic E-state index is 13.2. The van der Waals surface area contributed by atoms with Crippen molar-refractivity contribution in [2.24, 2.45) is 0 Å². The molecule has 0 fully saturated rings. The standard InChI is InChI=1S/C16H28N2O4S2Si/c1-13-11-22-17-16(13,3)18(12-21-9-10-25(4,5)6)24(19,20)15-8-7-14(2)23-15/h7-8,11,17H,9-10,12H2,1-6H3. The summed E-state index contributed by atoms with van der Waals surface area (Å²) in [6.07, 6.45) is 1.53. The maximum absolute atomic E-state index is 13.2.